The van der Waals surface area contributed by atoms with Gasteiger partial charge < -0.3 is 20.8 Å². The van der Waals surface area contributed by atoms with Crippen molar-refractivity contribution in [2.24, 2.45) is 5.92 Å². The van der Waals surface area contributed by atoms with Crippen LogP contribution in [0.4, 0.5) is 0 Å². The summed E-state index contributed by atoms with van der Waals surface area (Å²) in [6.45, 7) is 4.57. The van der Waals surface area contributed by atoms with Crippen LogP contribution in [-0.2, 0) is 4.79 Å². The van der Waals surface area contributed by atoms with E-state index >= 15 is 0 Å². The molecule has 0 radical (unpaired) electrons. The van der Waals surface area contributed by atoms with Crippen LogP contribution in [0, 0.1) is 5.92 Å². The van der Waals surface area contributed by atoms with Gasteiger partial charge in [0.25, 0.3) is 0 Å². The Bertz CT molecular complexity index is 233. The molecule has 0 aliphatic carbocycles. The van der Waals surface area contributed by atoms with E-state index < -0.39 is 6.10 Å². The maximum atomic E-state index is 11.8. The lowest BCUT2D eigenvalue weighted by Gasteiger charge is -2.23. The minimum Gasteiger partial charge on any atom is -0.396 e. The van der Waals surface area contributed by atoms with Crippen molar-refractivity contribution in [3.05, 3.63) is 0 Å². The lowest BCUT2D eigenvalue weighted by molar-refractivity contribution is -0.124. The highest BCUT2D eigenvalue weighted by Crippen LogP contribution is 2.10. The molecule has 4 N–H and O–H groups in total. The molecular formula is C11H22N2O3. The van der Waals surface area contributed by atoms with E-state index in [9.17, 15) is 9.90 Å². The van der Waals surface area contributed by atoms with Crippen molar-refractivity contribution in [2.75, 3.05) is 13.2 Å². The van der Waals surface area contributed by atoms with E-state index in [1.54, 1.807) is 0 Å². The molecular weight excluding hydrogens is 208 g/mol. The largest absolute Gasteiger partial charge is 0.396 e. The second-order valence-corrected chi connectivity index (χ2v) is 4.72. The molecule has 1 rings (SSSR count). The van der Waals surface area contributed by atoms with E-state index in [0.717, 1.165) is 0 Å². The first-order valence-electron chi connectivity index (χ1n) is 5.87. The lowest BCUT2D eigenvalue weighted by Crippen LogP contribution is -2.47. The standard InChI is InChI=1S/C11H22N2O3/c1-7(2)9(3-4-14)13-11(16)10-5-8(15)6-12-10/h7-10,12,14-15H,3-6H2,1-2H3,(H,13,16). The molecule has 0 saturated carbocycles. The molecule has 0 aromatic rings. The van der Waals surface area contributed by atoms with Crippen molar-refractivity contribution in [2.45, 2.75) is 44.9 Å². The molecule has 16 heavy (non-hydrogen) atoms. The van der Waals surface area contributed by atoms with Crippen LogP contribution in [0.1, 0.15) is 26.7 Å². The van der Waals surface area contributed by atoms with Gasteiger partial charge in [-0.05, 0) is 18.8 Å². The minimum atomic E-state index is -0.425. The number of β-amino-alcohol motifs (C(OH)–C–C–N with tert-alkyl or cyclic N) is 1. The van der Waals surface area contributed by atoms with Gasteiger partial charge in [-0.25, -0.2) is 0 Å². The van der Waals surface area contributed by atoms with Crippen molar-refractivity contribution < 1.29 is 15.0 Å². The van der Waals surface area contributed by atoms with Gasteiger partial charge in [0.2, 0.25) is 5.91 Å². The highest BCUT2D eigenvalue weighted by molar-refractivity contribution is 5.82. The third-order valence-corrected chi connectivity index (χ3v) is 3.00. The summed E-state index contributed by atoms with van der Waals surface area (Å²) < 4.78 is 0. The summed E-state index contributed by atoms with van der Waals surface area (Å²) in [6, 6.07) is -0.299. The molecule has 1 aliphatic rings. The molecule has 3 atom stereocenters. The Labute approximate surface area is 96.2 Å². The number of hydrogen-bond donors (Lipinski definition) is 4. The Morgan fingerprint density at radius 2 is 2.25 bits per heavy atom. The summed E-state index contributed by atoms with van der Waals surface area (Å²) >= 11 is 0. The zero-order valence-corrected chi connectivity index (χ0v) is 9.94. The molecule has 5 nitrogen and oxygen atoms in total. The second-order valence-electron chi connectivity index (χ2n) is 4.72. The van der Waals surface area contributed by atoms with Gasteiger partial charge in [0.05, 0.1) is 12.1 Å². The third-order valence-electron chi connectivity index (χ3n) is 3.00. The molecule has 0 aromatic heterocycles. The van der Waals surface area contributed by atoms with E-state index in [1.165, 1.54) is 0 Å². The Morgan fingerprint density at radius 3 is 2.69 bits per heavy atom. The summed E-state index contributed by atoms with van der Waals surface area (Å²) in [5.74, 6) is 0.214. The Kier molecular flexibility index (Phi) is 5.18. The summed E-state index contributed by atoms with van der Waals surface area (Å²) in [6.07, 6.45) is 0.611. The predicted molar refractivity (Wildman–Crippen MR) is 60.9 cm³/mol. The van der Waals surface area contributed by atoms with Crippen LogP contribution in [0.2, 0.25) is 0 Å². The number of nitrogens with one attached hydrogen (secondary N) is 2. The number of aliphatic hydroxyl groups excluding tert-OH is 2. The van der Waals surface area contributed by atoms with Crippen LogP contribution in [-0.4, -0.2) is 47.5 Å². The molecule has 0 bridgehead atoms. The first kappa shape index (κ1) is 13.4. The van der Waals surface area contributed by atoms with Gasteiger partial charge in [-0.15, -0.1) is 0 Å². The van der Waals surface area contributed by atoms with Gasteiger partial charge >= 0.3 is 0 Å². The van der Waals surface area contributed by atoms with Crippen molar-refractivity contribution >= 4 is 5.91 Å². The van der Waals surface area contributed by atoms with Crippen molar-refractivity contribution in [3.8, 4) is 0 Å². The fraction of sp³-hybridized carbons (Fsp3) is 0.909. The number of hydrogen-bond acceptors (Lipinski definition) is 4. The topological polar surface area (TPSA) is 81.6 Å². The first-order chi connectivity index (χ1) is 7.54. The van der Waals surface area contributed by atoms with Gasteiger partial charge in [-0.2, -0.15) is 0 Å². The van der Waals surface area contributed by atoms with Gasteiger partial charge in [0.15, 0.2) is 0 Å². The lowest BCUT2D eigenvalue weighted by atomic mass is 10.0. The molecule has 1 heterocycles. The van der Waals surface area contributed by atoms with E-state index in [-0.39, 0.29) is 24.6 Å². The summed E-state index contributed by atoms with van der Waals surface area (Å²) in [5, 5.41) is 24.1. The van der Waals surface area contributed by atoms with Crippen molar-refractivity contribution in [1.82, 2.24) is 10.6 Å². The first-order valence-corrected chi connectivity index (χ1v) is 5.87. The van der Waals surface area contributed by atoms with Crippen LogP contribution < -0.4 is 10.6 Å². The number of rotatable bonds is 5. The van der Waals surface area contributed by atoms with E-state index in [1.807, 2.05) is 13.8 Å². The van der Waals surface area contributed by atoms with Crippen LogP contribution in [0.15, 0.2) is 0 Å². The predicted octanol–water partition coefficient (Wildman–Crippen LogP) is -0.768. The Morgan fingerprint density at radius 1 is 1.56 bits per heavy atom. The quantitative estimate of drug-likeness (QED) is 0.500. The van der Waals surface area contributed by atoms with Crippen molar-refractivity contribution in [3.63, 3.8) is 0 Å². The maximum absolute atomic E-state index is 11.8. The molecule has 0 spiro atoms. The molecule has 5 heteroatoms. The summed E-state index contributed by atoms with van der Waals surface area (Å²) in [4.78, 5) is 11.8. The summed E-state index contributed by atoms with van der Waals surface area (Å²) in [5.41, 5.74) is 0. The molecule has 1 fully saturated rings. The molecule has 94 valence electrons. The van der Waals surface area contributed by atoms with E-state index in [2.05, 4.69) is 10.6 Å². The zero-order chi connectivity index (χ0) is 12.1. The Hall–Kier alpha value is -0.650. The van der Waals surface area contributed by atoms with Gasteiger partial charge in [0.1, 0.15) is 0 Å². The highest BCUT2D eigenvalue weighted by atomic mass is 16.3. The highest BCUT2D eigenvalue weighted by Gasteiger charge is 2.29. The third kappa shape index (κ3) is 3.73. The van der Waals surface area contributed by atoms with Gasteiger partial charge in [-0.1, -0.05) is 13.8 Å². The van der Waals surface area contributed by atoms with Crippen LogP contribution in [0.25, 0.3) is 0 Å². The molecule has 0 aromatic carbocycles. The monoisotopic (exact) mass is 230 g/mol. The number of amides is 1. The summed E-state index contributed by atoms with van der Waals surface area (Å²) in [7, 11) is 0. The number of carbonyl (C=O) groups excluding carboxylic acids is 1. The van der Waals surface area contributed by atoms with E-state index in [4.69, 9.17) is 5.11 Å². The SMILES string of the molecule is CC(C)C(CCO)NC(=O)C1CC(O)CN1. The molecule has 1 aliphatic heterocycles. The minimum absolute atomic E-state index is 0.00274. The van der Waals surface area contributed by atoms with Crippen LogP contribution in [0.5, 0.6) is 0 Å². The molecule has 1 saturated heterocycles. The molecule has 1 amide bonds. The average molecular weight is 230 g/mol. The van der Waals surface area contributed by atoms with E-state index in [0.29, 0.717) is 25.3 Å². The Balaban J connectivity index is 2.42. The molecule has 3 unspecified atom stereocenters. The van der Waals surface area contributed by atoms with Gasteiger partial charge in [-0.3, -0.25) is 4.79 Å². The van der Waals surface area contributed by atoms with Crippen LogP contribution in [0.3, 0.4) is 0 Å². The second kappa shape index (κ2) is 6.18. The van der Waals surface area contributed by atoms with Crippen LogP contribution >= 0.6 is 0 Å². The number of carbonyl (C=O) groups is 1. The average Bonchev–Trinajstić information content (AvgIpc) is 2.64. The fourth-order valence-corrected chi connectivity index (χ4v) is 1.91. The fourth-order valence-electron chi connectivity index (χ4n) is 1.91. The van der Waals surface area contributed by atoms with Crippen molar-refractivity contribution in [1.29, 1.82) is 0 Å². The number of aliphatic hydroxyl groups is 2. The maximum Gasteiger partial charge on any atom is 0.237 e. The normalized spacial score (nSPS) is 27.1. The zero-order valence-electron chi connectivity index (χ0n) is 9.94. The van der Waals surface area contributed by atoms with Gasteiger partial charge in [0, 0.05) is 19.2 Å². The smallest absolute Gasteiger partial charge is 0.237 e.